The molecule has 1 spiro atoms. The molecule has 3 aliphatic heterocycles. The van der Waals surface area contributed by atoms with Crippen molar-refractivity contribution in [2.24, 2.45) is 0 Å². The van der Waals surface area contributed by atoms with Gasteiger partial charge in [0.1, 0.15) is 5.54 Å². The molecule has 0 aromatic heterocycles. The smallest absolute Gasteiger partial charge is 0.323 e. The molecule has 1 N–H and O–H groups in total. The Labute approximate surface area is 138 Å². The van der Waals surface area contributed by atoms with Crippen LogP contribution in [0.1, 0.15) is 44.9 Å². The van der Waals surface area contributed by atoms with Crippen LogP contribution < -0.4 is 5.32 Å². The number of rotatable bonds is 4. The van der Waals surface area contributed by atoms with Crippen molar-refractivity contribution in [1.82, 2.24) is 20.0 Å². The van der Waals surface area contributed by atoms with Crippen molar-refractivity contribution in [1.29, 1.82) is 0 Å². The molecule has 3 saturated heterocycles. The largest absolute Gasteiger partial charge is 0.325 e. The predicted octanol–water partition coefficient (Wildman–Crippen LogP) is 1.02. The second kappa shape index (κ2) is 6.06. The van der Waals surface area contributed by atoms with E-state index in [0.29, 0.717) is 12.6 Å². The Morgan fingerprint density at radius 1 is 1.00 bits per heavy atom. The maximum absolute atomic E-state index is 12.6. The van der Waals surface area contributed by atoms with E-state index in [1.54, 1.807) is 0 Å². The molecule has 4 fully saturated rings. The summed E-state index contributed by atoms with van der Waals surface area (Å²) in [4.78, 5) is 31.3. The zero-order valence-electron chi connectivity index (χ0n) is 13.9. The highest BCUT2D eigenvalue weighted by molar-refractivity contribution is 6.07. The third-order valence-corrected chi connectivity index (χ3v) is 6.25. The van der Waals surface area contributed by atoms with Gasteiger partial charge in [0.15, 0.2) is 0 Å². The highest BCUT2D eigenvalue weighted by Crippen LogP contribution is 2.35. The summed E-state index contributed by atoms with van der Waals surface area (Å²) >= 11 is 0. The van der Waals surface area contributed by atoms with Crippen LogP contribution in [0.15, 0.2) is 0 Å². The molecule has 0 bridgehead atoms. The summed E-state index contributed by atoms with van der Waals surface area (Å²) in [7, 11) is 0. The first-order chi connectivity index (χ1) is 11.2. The third-order valence-electron chi connectivity index (χ3n) is 6.25. The Hall–Kier alpha value is -1.14. The first-order valence-electron chi connectivity index (χ1n) is 9.28. The van der Waals surface area contributed by atoms with Crippen molar-refractivity contribution in [3.8, 4) is 0 Å². The van der Waals surface area contributed by atoms with Crippen LogP contribution in [-0.2, 0) is 4.79 Å². The van der Waals surface area contributed by atoms with Gasteiger partial charge in [0.25, 0.3) is 5.91 Å². The van der Waals surface area contributed by atoms with Crippen molar-refractivity contribution in [2.75, 3.05) is 39.3 Å². The molecule has 4 rings (SSSR count). The monoisotopic (exact) mass is 320 g/mol. The first kappa shape index (κ1) is 15.4. The van der Waals surface area contributed by atoms with Crippen molar-refractivity contribution >= 4 is 11.9 Å². The van der Waals surface area contributed by atoms with Crippen LogP contribution in [0.4, 0.5) is 4.79 Å². The lowest BCUT2D eigenvalue weighted by Gasteiger charge is -2.24. The summed E-state index contributed by atoms with van der Waals surface area (Å²) in [6.07, 6.45) is 7.61. The van der Waals surface area contributed by atoms with Crippen LogP contribution in [0.25, 0.3) is 0 Å². The quantitative estimate of drug-likeness (QED) is 0.786. The predicted molar refractivity (Wildman–Crippen MR) is 87.1 cm³/mol. The summed E-state index contributed by atoms with van der Waals surface area (Å²) in [6, 6.07) is 0.508. The molecule has 23 heavy (non-hydrogen) atoms. The van der Waals surface area contributed by atoms with E-state index in [0.717, 1.165) is 45.3 Å². The van der Waals surface area contributed by atoms with Gasteiger partial charge in [-0.1, -0.05) is 12.8 Å². The summed E-state index contributed by atoms with van der Waals surface area (Å²) in [5.41, 5.74) is -0.555. The number of urea groups is 1. The Morgan fingerprint density at radius 3 is 2.48 bits per heavy atom. The van der Waals surface area contributed by atoms with Gasteiger partial charge in [0.2, 0.25) is 0 Å². The molecule has 4 aliphatic rings. The minimum atomic E-state index is -0.555. The molecular weight excluding hydrogens is 292 g/mol. The van der Waals surface area contributed by atoms with Crippen molar-refractivity contribution < 1.29 is 9.59 Å². The zero-order valence-corrected chi connectivity index (χ0v) is 13.9. The number of hydrogen-bond donors (Lipinski definition) is 1. The lowest BCUT2D eigenvalue weighted by atomic mass is 9.98. The Balaban J connectivity index is 1.29. The van der Waals surface area contributed by atoms with Gasteiger partial charge in [0.05, 0.1) is 0 Å². The lowest BCUT2D eigenvalue weighted by Crippen LogP contribution is -2.44. The number of imide groups is 1. The molecular formula is C17H28N4O2. The third kappa shape index (κ3) is 2.76. The second-order valence-corrected chi connectivity index (χ2v) is 7.66. The number of likely N-dealkylation sites (tertiary alicyclic amines) is 2. The fraction of sp³-hybridized carbons (Fsp3) is 0.882. The fourth-order valence-electron chi connectivity index (χ4n) is 4.86. The van der Waals surface area contributed by atoms with Crippen molar-refractivity contribution in [2.45, 2.75) is 56.5 Å². The molecule has 1 saturated carbocycles. The van der Waals surface area contributed by atoms with E-state index < -0.39 is 5.54 Å². The van der Waals surface area contributed by atoms with Gasteiger partial charge in [-0.25, -0.2) is 4.79 Å². The van der Waals surface area contributed by atoms with E-state index in [1.807, 2.05) is 0 Å². The summed E-state index contributed by atoms with van der Waals surface area (Å²) < 4.78 is 0. The van der Waals surface area contributed by atoms with Crippen molar-refractivity contribution in [3.05, 3.63) is 0 Å². The van der Waals surface area contributed by atoms with E-state index in [2.05, 4.69) is 15.1 Å². The molecule has 1 aliphatic carbocycles. The standard InChI is InChI=1S/C17H28N4O2/c22-15-17(6-1-2-7-17)18-16(23)21(15)12-11-19-10-5-14(13-19)20-8-3-4-9-20/h14H,1-13H2,(H,18,23). The molecule has 3 heterocycles. The molecule has 0 radical (unpaired) electrons. The highest BCUT2D eigenvalue weighted by atomic mass is 16.2. The molecule has 6 heteroatoms. The van der Waals surface area contributed by atoms with E-state index in [4.69, 9.17) is 0 Å². The van der Waals surface area contributed by atoms with E-state index >= 15 is 0 Å². The number of hydrogen-bond acceptors (Lipinski definition) is 4. The minimum absolute atomic E-state index is 0.0234. The minimum Gasteiger partial charge on any atom is -0.323 e. The fourth-order valence-corrected chi connectivity index (χ4v) is 4.86. The highest BCUT2D eigenvalue weighted by Gasteiger charge is 2.52. The summed E-state index contributed by atoms with van der Waals surface area (Å²) in [5, 5.41) is 2.97. The van der Waals surface area contributed by atoms with Gasteiger partial charge >= 0.3 is 6.03 Å². The normalized spacial score (nSPS) is 31.7. The lowest BCUT2D eigenvalue weighted by molar-refractivity contribution is -0.131. The first-order valence-corrected chi connectivity index (χ1v) is 9.28. The van der Waals surface area contributed by atoms with Crippen LogP contribution in [0.5, 0.6) is 0 Å². The molecule has 0 aromatic carbocycles. The molecule has 3 amide bonds. The van der Waals surface area contributed by atoms with Crippen LogP contribution in [0.3, 0.4) is 0 Å². The van der Waals surface area contributed by atoms with Crippen LogP contribution in [-0.4, -0.2) is 77.5 Å². The summed E-state index contributed by atoms with van der Waals surface area (Å²) in [5.74, 6) is 0.0234. The van der Waals surface area contributed by atoms with Crippen LogP contribution >= 0.6 is 0 Å². The maximum Gasteiger partial charge on any atom is 0.325 e. The van der Waals surface area contributed by atoms with Gasteiger partial charge in [-0.3, -0.25) is 19.5 Å². The van der Waals surface area contributed by atoms with Gasteiger partial charge in [-0.15, -0.1) is 0 Å². The maximum atomic E-state index is 12.6. The molecule has 0 aromatic rings. The Morgan fingerprint density at radius 2 is 1.74 bits per heavy atom. The zero-order chi connectivity index (χ0) is 15.9. The Bertz CT molecular complexity index is 483. The van der Waals surface area contributed by atoms with Gasteiger partial charge in [-0.2, -0.15) is 0 Å². The average Bonchev–Trinajstić information content (AvgIpc) is 3.30. The number of nitrogens with one attached hydrogen (secondary N) is 1. The summed E-state index contributed by atoms with van der Waals surface area (Å²) in [6.45, 7) is 6.03. The van der Waals surface area contributed by atoms with Crippen molar-refractivity contribution in [3.63, 3.8) is 0 Å². The number of carbonyl (C=O) groups excluding carboxylic acids is 2. The number of nitrogens with zero attached hydrogens (tertiary/aromatic N) is 3. The van der Waals surface area contributed by atoms with Crippen LogP contribution in [0, 0.1) is 0 Å². The van der Waals surface area contributed by atoms with Gasteiger partial charge < -0.3 is 5.32 Å². The topological polar surface area (TPSA) is 55.9 Å². The van der Waals surface area contributed by atoms with Gasteiger partial charge in [-0.05, 0) is 51.7 Å². The van der Waals surface area contributed by atoms with E-state index in [-0.39, 0.29) is 11.9 Å². The Kier molecular flexibility index (Phi) is 4.05. The molecule has 128 valence electrons. The van der Waals surface area contributed by atoms with Crippen LogP contribution in [0.2, 0.25) is 0 Å². The average molecular weight is 320 g/mol. The molecule has 6 nitrogen and oxygen atoms in total. The second-order valence-electron chi connectivity index (χ2n) is 7.66. The molecule has 1 unspecified atom stereocenters. The van der Waals surface area contributed by atoms with Gasteiger partial charge in [0, 0.05) is 25.7 Å². The molecule has 1 atom stereocenters. The number of amides is 3. The van der Waals surface area contributed by atoms with E-state index in [1.165, 1.54) is 37.3 Å². The number of carbonyl (C=O) groups is 2. The SMILES string of the molecule is O=C1NC2(CCCC2)C(=O)N1CCN1CCC(N2CCCC2)C1. The van der Waals surface area contributed by atoms with E-state index in [9.17, 15) is 9.59 Å².